The summed E-state index contributed by atoms with van der Waals surface area (Å²) in [4.78, 5) is 26.0. The number of ketones is 1. The van der Waals surface area contributed by atoms with Crippen molar-refractivity contribution in [2.75, 3.05) is 17.2 Å². The lowest BCUT2D eigenvalue weighted by Crippen LogP contribution is -2.36. The van der Waals surface area contributed by atoms with E-state index in [-0.39, 0.29) is 17.4 Å². The van der Waals surface area contributed by atoms with Crippen molar-refractivity contribution in [1.82, 2.24) is 0 Å². The lowest BCUT2D eigenvalue weighted by molar-refractivity contribution is -0.116. The minimum absolute atomic E-state index is 0.0257. The van der Waals surface area contributed by atoms with Gasteiger partial charge in [0.05, 0.1) is 5.75 Å². The molecule has 0 aromatic heterocycles. The fraction of sp³-hybridized carbons (Fsp3) is 0.263. The Morgan fingerprint density at radius 1 is 1.21 bits per heavy atom. The smallest absolute Gasteiger partial charge is 0.237 e. The second kappa shape index (κ2) is 7.18. The fourth-order valence-corrected chi connectivity index (χ4v) is 3.64. The first-order chi connectivity index (χ1) is 11.6. The lowest BCUT2D eigenvalue weighted by atomic mass is 10.0. The Hall–Kier alpha value is -2.14. The molecule has 1 heterocycles. The molecule has 124 valence electrons. The Balaban J connectivity index is 1.70. The number of anilines is 1. The zero-order chi connectivity index (χ0) is 17.1. The van der Waals surface area contributed by atoms with Gasteiger partial charge in [0.1, 0.15) is 5.82 Å². The Kier molecular flexibility index (Phi) is 5.00. The van der Waals surface area contributed by atoms with E-state index in [1.807, 2.05) is 24.3 Å². The average Bonchev–Trinajstić information content (AvgIpc) is 2.59. The second-order valence-corrected chi connectivity index (χ2v) is 6.78. The highest BCUT2D eigenvalue weighted by Gasteiger charge is 2.22. The van der Waals surface area contributed by atoms with E-state index in [0.717, 1.165) is 18.5 Å². The van der Waals surface area contributed by atoms with E-state index < -0.39 is 5.82 Å². The average molecular weight is 343 g/mol. The molecule has 3 rings (SSSR count). The van der Waals surface area contributed by atoms with Crippen LogP contribution in [-0.4, -0.2) is 24.0 Å². The number of thioether (sulfide) groups is 1. The summed E-state index contributed by atoms with van der Waals surface area (Å²) in [5, 5.41) is 0. The second-order valence-electron chi connectivity index (χ2n) is 5.77. The molecule has 0 bridgehead atoms. The van der Waals surface area contributed by atoms with Gasteiger partial charge in [-0.2, -0.15) is 0 Å². The van der Waals surface area contributed by atoms with Crippen LogP contribution in [0.25, 0.3) is 0 Å². The fourth-order valence-electron chi connectivity index (χ4n) is 2.85. The maximum absolute atomic E-state index is 14.0. The van der Waals surface area contributed by atoms with E-state index >= 15 is 0 Å². The number of nitrogens with zero attached hydrogens (tertiary/aromatic N) is 1. The first-order valence-corrected chi connectivity index (χ1v) is 8.86. The molecule has 0 saturated heterocycles. The summed E-state index contributed by atoms with van der Waals surface area (Å²) in [6.45, 7) is 2.10. The van der Waals surface area contributed by atoms with Gasteiger partial charge in [-0.1, -0.05) is 24.3 Å². The molecule has 1 aliphatic heterocycles. The Labute approximate surface area is 144 Å². The summed E-state index contributed by atoms with van der Waals surface area (Å²) in [5.41, 5.74) is 2.48. The largest absolute Gasteiger partial charge is 0.311 e. The SMILES string of the molecule is CC(=O)c1ccc(SCC(=O)N2CCCc3ccccc32)c(F)c1. The first kappa shape index (κ1) is 16.7. The van der Waals surface area contributed by atoms with Crippen LogP contribution < -0.4 is 4.90 Å². The molecule has 1 aliphatic rings. The quantitative estimate of drug-likeness (QED) is 0.619. The number of hydrogen-bond donors (Lipinski definition) is 0. The van der Waals surface area contributed by atoms with Crippen molar-refractivity contribution >= 4 is 29.1 Å². The molecule has 5 heteroatoms. The van der Waals surface area contributed by atoms with Gasteiger partial charge in [0.25, 0.3) is 0 Å². The van der Waals surface area contributed by atoms with Gasteiger partial charge < -0.3 is 4.90 Å². The number of aryl methyl sites for hydroxylation is 1. The highest BCUT2D eigenvalue weighted by atomic mass is 32.2. The van der Waals surface area contributed by atoms with E-state index in [0.29, 0.717) is 17.0 Å². The molecule has 0 spiro atoms. The molecule has 2 aromatic rings. The van der Waals surface area contributed by atoms with Crippen LogP contribution in [0.4, 0.5) is 10.1 Å². The lowest BCUT2D eigenvalue weighted by Gasteiger charge is -2.29. The summed E-state index contributed by atoms with van der Waals surface area (Å²) < 4.78 is 14.0. The van der Waals surface area contributed by atoms with Gasteiger partial charge in [0, 0.05) is 22.7 Å². The third-order valence-corrected chi connectivity index (χ3v) is 5.13. The number of fused-ring (bicyclic) bond motifs is 1. The van der Waals surface area contributed by atoms with Gasteiger partial charge in [-0.05, 0) is 43.5 Å². The van der Waals surface area contributed by atoms with Crippen LogP contribution >= 0.6 is 11.8 Å². The van der Waals surface area contributed by atoms with Crippen LogP contribution in [0.5, 0.6) is 0 Å². The maximum atomic E-state index is 14.0. The van der Waals surface area contributed by atoms with Crippen LogP contribution in [0.2, 0.25) is 0 Å². The van der Waals surface area contributed by atoms with Crippen molar-refractivity contribution in [2.24, 2.45) is 0 Å². The van der Waals surface area contributed by atoms with Crippen molar-refractivity contribution in [1.29, 1.82) is 0 Å². The van der Waals surface area contributed by atoms with E-state index in [1.165, 1.54) is 30.3 Å². The molecule has 2 aromatic carbocycles. The van der Waals surface area contributed by atoms with Gasteiger partial charge in [0.15, 0.2) is 5.78 Å². The zero-order valence-electron chi connectivity index (χ0n) is 13.4. The molecular weight excluding hydrogens is 325 g/mol. The molecule has 1 amide bonds. The number of rotatable bonds is 4. The minimum Gasteiger partial charge on any atom is -0.311 e. The topological polar surface area (TPSA) is 37.4 Å². The molecule has 0 radical (unpaired) electrons. The number of para-hydroxylation sites is 1. The van der Waals surface area contributed by atoms with E-state index in [2.05, 4.69) is 0 Å². The number of amides is 1. The summed E-state index contributed by atoms with van der Waals surface area (Å²) in [6.07, 6.45) is 1.92. The highest BCUT2D eigenvalue weighted by molar-refractivity contribution is 8.00. The number of Topliss-reactive ketones (excluding diaryl/α,β-unsaturated/α-hetero) is 1. The van der Waals surface area contributed by atoms with E-state index in [1.54, 1.807) is 17.0 Å². The van der Waals surface area contributed by atoms with Crippen LogP contribution in [0, 0.1) is 5.82 Å². The number of benzene rings is 2. The summed E-state index contributed by atoms with van der Waals surface area (Å²) in [6, 6.07) is 12.3. The monoisotopic (exact) mass is 343 g/mol. The molecule has 3 nitrogen and oxygen atoms in total. The molecule has 0 unspecified atom stereocenters. The number of carbonyl (C=O) groups is 2. The normalized spacial score (nSPS) is 13.5. The van der Waals surface area contributed by atoms with Crippen LogP contribution in [0.3, 0.4) is 0 Å². The Bertz CT molecular complexity index is 791. The van der Waals surface area contributed by atoms with Crippen LogP contribution in [-0.2, 0) is 11.2 Å². The molecule has 0 aliphatic carbocycles. The summed E-state index contributed by atoms with van der Waals surface area (Å²) in [5.74, 6) is -0.488. The molecule has 0 fully saturated rings. The van der Waals surface area contributed by atoms with Crippen molar-refractivity contribution in [3.63, 3.8) is 0 Å². The van der Waals surface area contributed by atoms with Crippen molar-refractivity contribution in [3.8, 4) is 0 Å². The Morgan fingerprint density at radius 3 is 2.75 bits per heavy atom. The number of hydrogen-bond acceptors (Lipinski definition) is 3. The van der Waals surface area contributed by atoms with Crippen molar-refractivity contribution in [3.05, 3.63) is 59.4 Å². The molecule has 0 N–H and O–H groups in total. The highest BCUT2D eigenvalue weighted by Crippen LogP contribution is 2.29. The Morgan fingerprint density at radius 2 is 2.00 bits per heavy atom. The summed E-state index contributed by atoms with van der Waals surface area (Å²) >= 11 is 1.17. The third kappa shape index (κ3) is 3.51. The molecular formula is C19H18FNO2S. The zero-order valence-corrected chi connectivity index (χ0v) is 14.2. The van der Waals surface area contributed by atoms with Gasteiger partial charge in [-0.3, -0.25) is 9.59 Å². The predicted octanol–water partition coefficient (Wildman–Crippen LogP) is 4.10. The van der Waals surface area contributed by atoms with Crippen molar-refractivity contribution in [2.45, 2.75) is 24.7 Å². The predicted molar refractivity (Wildman–Crippen MR) is 94.2 cm³/mol. The van der Waals surface area contributed by atoms with E-state index in [9.17, 15) is 14.0 Å². The summed E-state index contributed by atoms with van der Waals surface area (Å²) in [7, 11) is 0. The maximum Gasteiger partial charge on any atom is 0.237 e. The van der Waals surface area contributed by atoms with Gasteiger partial charge in [-0.25, -0.2) is 4.39 Å². The molecule has 0 saturated carbocycles. The number of carbonyl (C=O) groups excluding carboxylic acids is 2. The van der Waals surface area contributed by atoms with Gasteiger partial charge in [0.2, 0.25) is 5.91 Å². The molecule has 24 heavy (non-hydrogen) atoms. The molecule has 0 atom stereocenters. The first-order valence-electron chi connectivity index (χ1n) is 7.88. The van der Waals surface area contributed by atoms with E-state index in [4.69, 9.17) is 0 Å². The van der Waals surface area contributed by atoms with Gasteiger partial charge >= 0.3 is 0 Å². The van der Waals surface area contributed by atoms with Crippen LogP contribution in [0.1, 0.15) is 29.3 Å². The standard InChI is InChI=1S/C19H18FNO2S/c1-13(22)15-8-9-18(16(20)11-15)24-12-19(23)21-10-4-6-14-5-2-3-7-17(14)21/h2-3,5,7-9,11H,4,6,10,12H2,1H3. The van der Waals surface area contributed by atoms with Crippen molar-refractivity contribution < 1.29 is 14.0 Å². The minimum atomic E-state index is -0.459. The van der Waals surface area contributed by atoms with Crippen LogP contribution in [0.15, 0.2) is 47.4 Å². The third-order valence-electron chi connectivity index (χ3n) is 4.10. The number of halogens is 1. The van der Waals surface area contributed by atoms with Gasteiger partial charge in [-0.15, -0.1) is 11.8 Å².